The van der Waals surface area contributed by atoms with Crippen molar-refractivity contribution in [2.24, 2.45) is 0 Å². The fourth-order valence-corrected chi connectivity index (χ4v) is 17.7. The molecule has 25 rings (SSSR count). The summed E-state index contributed by atoms with van der Waals surface area (Å²) >= 11 is 0. The topological polar surface area (TPSA) is 57.4 Å². The summed E-state index contributed by atoms with van der Waals surface area (Å²) in [4.78, 5) is 19.7. The highest BCUT2D eigenvalue weighted by molar-refractivity contribution is 6.16. The zero-order chi connectivity index (χ0) is 51.4. The number of nitrogens with one attached hydrogen (secondary N) is 2. The zero-order valence-electron chi connectivity index (χ0n) is 44.3. The lowest BCUT2D eigenvalue weighted by molar-refractivity contribution is 0.554. The van der Waals surface area contributed by atoms with Crippen molar-refractivity contribution in [2.75, 3.05) is 0 Å². The molecule has 0 saturated carbocycles. The van der Waals surface area contributed by atoms with Crippen LogP contribution in [0.25, 0.3) is 132 Å². The van der Waals surface area contributed by atoms with Crippen molar-refractivity contribution in [3.05, 3.63) is 214 Å². The van der Waals surface area contributed by atoms with Crippen molar-refractivity contribution in [2.45, 2.75) is 98.7 Å². The molecule has 0 saturated heterocycles. The molecule has 2 N–H and O–H groups in total. The predicted octanol–water partition coefficient (Wildman–Crippen LogP) is 20.0. The van der Waals surface area contributed by atoms with Crippen molar-refractivity contribution in [1.82, 2.24) is 19.9 Å². The molecule has 16 bridgehead atoms. The molecule has 8 unspecified atom stereocenters. The van der Waals surface area contributed by atoms with Crippen molar-refractivity contribution in [3.63, 3.8) is 0 Å². The first kappa shape index (κ1) is 42.4. The normalized spacial score (nSPS) is 24.4. The summed E-state index contributed by atoms with van der Waals surface area (Å²) in [5.74, 6) is 4.00. The highest BCUT2D eigenvalue weighted by Gasteiger charge is 2.34. The summed E-state index contributed by atoms with van der Waals surface area (Å²) in [7, 11) is 0. The SMILES string of the molecule is C1=CC2CCC1c1cc3cc4c(cc3cc12)-c1cc2[nH]c(cc3nc(cc5[nH]c(cc-4n1)c1cc4cc6c(cc4cc51)C1C=CC6CC1)-c1cc4cc5c(cc4cc1-3)C1C=CC5CC1)c1cc3cc4c(cc3cc21)C1C=CC4CC1. The first-order chi connectivity index (χ1) is 39.5. The van der Waals surface area contributed by atoms with Gasteiger partial charge >= 0.3 is 0 Å². The fraction of sp³-hybridized carbons (Fsp3) is 0.211. The van der Waals surface area contributed by atoms with Crippen molar-refractivity contribution < 1.29 is 0 Å². The Labute approximate surface area is 462 Å². The van der Waals surface area contributed by atoms with Crippen LogP contribution in [0.15, 0.2) is 170 Å². The van der Waals surface area contributed by atoms with Crippen LogP contribution in [-0.4, -0.2) is 19.9 Å². The number of benzene rings is 8. The molecule has 0 amide bonds. The minimum absolute atomic E-state index is 0.499. The summed E-state index contributed by atoms with van der Waals surface area (Å²) < 4.78 is 0. The second kappa shape index (κ2) is 14.8. The van der Waals surface area contributed by atoms with Crippen LogP contribution in [0, 0.1) is 0 Å². The molecule has 0 spiro atoms. The summed E-state index contributed by atoms with van der Waals surface area (Å²) in [5.41, 5.74) is 25.1. The van der Waals surface area contributed by atoms with Gasteiger partial charge in [-0.25, -0.2) is 9.97 Å². The first-order valence-corrected chi connectivity index (χ1v) is 30.0. The van der Waals surface area contributed by atoms with Gasteiger partial charge in [-0.2, -0.15) is 0 Å². The Balaban J connectivity index is 0.886. The highest BCUT2D eigenvalue weighted by Crippen LogP contribution is 2.53. The smallest absolute Gasteiger partial charge is 0.0737 e. The number of fused-ring (bicyclic) bond motifs is 28. The van der Waals surface area contributed by atoms with Crippen LogP contribution in [0.5, 0.6) is 0 Å². The quantitative estimate of drug-likeness (QED) is 0.149. The van der Waals surface area contributed by atoms with E-state index in [-0.39, 0.29) is 0 Å². The van der Waals surface area contributed by atoms with Gasteiger partial charge in [0.2, 0.25) is 0 Å². The Morgan fingerprint density at radius 2 is 0.412 bits per heavy atom. The van der Waals surface area contributed by atoms with Gasteiger partial charge in [-0.05, 0) is 212 Å². The van der Waals surface area contributed by atoms with Gasteiger partial charge in [0.1, 0.15) is 0 Å². The molecule has 3 aromatic heterocycles. The fourth-order valence-electron chi connectivity index (χ4n) is 17.7. The Hall–Kier alpha value is -8.60. The van der Waals surface area contributed by atoms with Crippen LogP contribution in [0.2, 0.25) is 0 Å². The third-order valence-corrected chi connectivity index (χ3v) is 21.8. The maximum Gasteiger partial charge on any atom is 0.0737 e. The van der Waals surface area contributed by atoms with E-state index in [1.165, 1.54) is 183 Å². The van der Waals surface area contributed by atoms with Crippen molar-refractivity contribution >= 4 is 86.7 Å². The molecule has 11 aromatic rings. The molecule has 8 aromatic carbocycles. The van der Waals surface area contributed by atoms with Gasteiger partial charge in [-0.15, -0.1) is 0 Å². The average Bonchev–Trinajstić information content (AvgIpc) is 4.40. The van der Waals surface area contributed by atoms with E-state index in [2.05, 4.69) is 180 Å². The van der Waals surface area contributed by atoms with E-state index in [4.69, 9.17) is 9.97 Å². The van der Waals surface area contributed by atoms with Gasteiger partial charge < -0.3 is 9.97 Å². The van der Waals surface area contributed by atoms with E-state index in [0.717, 1.165) is 44.8 Å². The Morgan fingerprint density at radius 1 is 0.225 bits per heavy atom. The van der Waals surface area contributed by atoms with E-state index < -0.39 is 0 Å². The molecule has 8 atom stereocenters. The molecule has 0 fully saturated rings. The second-order valence-electron chi connectivity index (χ2n) is 25.9. The molecule has 378 valence electrons. The van der Waals surface area contributed by atoms with Crippen molar-refractivity contribution in [3.8, 4) is 45.0 Å². The van der Waals surface area contributed by atoms with E-state index in [0.29, 0.717) is 47.3 Å². The van der Waals surface area contributed by atoms with Crippen LogP contribution < -0.4 is 0 Å². The Kier molecular flexibility index (Phi) is 7.83. The maximum absolute atomic E-state index is 5.77. The lowest BCUT2D eigenvalue weighted by atomic mass is 9.71. The van der Waals surface area contributed by atoms with Gasteiger partial charge in [-0.3, -0.25) is 0 Å². The third kappa shape index (κ3) is 5.67. The number of aromatic nitrogens is 4. The molecule has 2 aliphatic heterocycles. The number of H-pyrrole nitrogens is 2. The Bertz CT molecular complexity index is 4520. The van der Waals surface area contributed by atoms with Crippen LogP contribution in [-0.2, 0) is 0 Å². The van der Waals surface area contributed by atoms with E-state index in [9.17, 15) is 0 Å². The largest absolute Gasteiger partial charge is 0.354 e. The monoisotopic (exact) mass is 1020 g/mol. The summed E-state index contributed by atoms with van der Waals surface area (Å²) in [6.07, 6.45) is 29.6. The standard InChI is InChI=1S/C76H54N4/c1-2-38-4-3-37(1)53-17-45-25-61-62(26-46(45)18-54(38)53)70-34-72-65-29-49-21-57-41-9-11-42(12-10-41)58(57)22-50(49)30-66(65)74(79-72)36-76-68-32-52-24-60-44-15-13-43(14-16-44)59(60)23-51(52)31-67(68)75(80-76)35-73-64-28-48-20-56-40-7-5-39(6-8-40)55(56)19-47(48)27-63(64)71(78-73)33-69(61)77-70/h1-2,5,7,9,11,13,15,17-44,77,80H,3-4,6,8,10,12,14,16H2. The summed E-state index contributed by atoms with van der Waals surface area (Å²) in [6, 6.07) is 49.3. The van der Waals surface area contributed by atoms with Crippen LogP contribution in [0.4, 0.5) is 0 Å². The minimum atomic E-state index is 0.499. The molecular formula is C76H54N4. The lowest BCUT2D eigenvalue weighted by Gasteiger charge is -2.34. The Morgan fingerprint density at radius 3 is 0.600 bits per heavy atom. The van der Waals surface area contributed by atoms with Crippen molar-refractivity contribution in [1.29, 1.82) is 0 Å². The lowest BCUT2D eigenvalue weighted by Crippen LogP contribution is -2.16. The molecule has 12 aliphatic carbocycles. The highest BCUT2D eigenvalue weighted by atomic mass is 14.8. The molecule has 14 aliphatic rings. The van der Waals surface area contributed by atoms with Crippen LogP contribution >= 0.6 is 0 Å². The maximum atomic E-state index is 5.77. The first-order valence-electron chi connectivity index (χ1n) is 30.0. The van der Waals surface area contributed by atoms with E-state index in [1.807, 2.05) is 0 Å². The third-order valence-electron chi connectivity index (χ3n) is 21.8. The number of allylic oxidation sites excluding steroid dienone is 8. The zero-order valence-corrected chi connectivity index (χ0v) is 44.3. The number of nitrogens with zero attached hydrogens (tertiary/aromatic N) is 2. The minimum Gasteiger partial charge on any atom is -0.354 e. The van der Waals surface area contributed by atoms with Gasteiger partial charge in [-0.1, -0.05) is 97.1 Å². The predicted molar refractivity (Wildman–Crippen MR) is 330 cm³/mol. The molecular weight excluding hydrogens is 969 g/mol. The summed E-state index contributed by atoms with van der Waals surface area (Å²) in [6.45, 7) is 0. The number of hydrogen-bond donors (Lipinski definition) is 2. The number of hydrogen-bond acceptors (Lipinski definition) is 2. The van der Waals surface area contributed by atoms with Gasteiger partial charge in [0.25, 0.3) is 0 Å². The number of aromatic amines is 2. The van der Waals surface area contributed by atoms with E-state index in [1.54, 1.807) is 0 Å². The average molecular weight is 1020 g/mol. The van der Waals surface area contributed by atoms with Gasteiger partial charge in [0, 0.05) is 113 Å². The van der Waals surface area contributed by atoms with Gasteiger partial charge in [0.15, 0.2) is 0 Å². The molecule has 4 nitrogen and oxygen atoms in total. The van der Waals surface area contributed by atoms with Gasteiger partial charge in [0.05, 0.1) is 22.8 Å². The molecule has 5 heterocycles. The van der Waals surface area contributed by atoms with Crippen LogP contribution in [0.1, 0.15) is 143 Å². The van der Waals surface area contributed by atoms with E-state index >= 15 is 0 Å². The second-order valence-corrected chi connectivity index (χ2v) is 25.9. The van der Waals surface area contributed by atoms with Crippen LogP contribution in [0.3, 0.4) is 0 Å². The molecule has 4 heteroatoms. The molecule has 0 radical (unpaired) electrons. The number of rotatable bonds is 0. The molecule has 80 heavy (non-hydrogen) atoms. The summed E-state index contributed by atoms with van der Waals surface area (Å²) in [5, 5.41) is 15.2.